The summed E-state index contributed by atoms with van der Waals surface area (Å²) in [7, 11) is -0.953. The van der Waals surface area contributed by atoms with Crippen LogP contribution in [0, 0.1) is 5.92 Å². The monoisotopic (exact) mass is 336 g/mol. The van der Waals surface area contributed by atoms with E-state index in [2.05, 4.69) is 5.32 Å². The van der Waals surface area contributed by atoms with Crippen molar-refractivity contribution in [1.82, 2.24) is 9.88 Å². The number of benzene rings is 1. The number of aromatic nitrogens is 1. The molecule has 0 radical (unpaired) electrons. The number of sulfone groups is 1. The summed E-state index contributed by atoms with van der Waals surface area (Å²) in [6.45, 7) is 0.310. The largest absolute Gasteiger partial charge is 0.483 e. The van der Waals surface area contributed by atoms with Crippen LogP contribution in [0.25, 0.3) is 10.9 Å². The minimum absolute atomic E-state index is 0.0153. The minimum Gasteiger partial charge on any atom is -0.483 e. The van der Waals surface area contributed by atoms with E-state index in [0.29, 0.717) is 18.7 Å². The zero-order chi connectivity index (χ0) is 16.4. The topological polar surface area (TPSA) is 77.4 Å². The quantitative estimate of drug-likeness (QED) is 0.887. The molecule has 1 atom stereocenters. The number of carbonyl (C=O) groups excluding carboxylic acids is 1. The van der Waals surface area contributed by atoms with Gasteiger partial charge in [-0.3, -0.25) is 4.79 Å². The van der Waals surface area contributed by atoms with Crippen LogP contribution in [-0.2, 0) is 21.7 Å². The van der Waals surface area contributed by atoms with Gasteiger partial charge >= 0.3 is 0 Å². The van der Waals surface area contributed by atoms with E-state index in [-0.39, 0.29) is 29.9 Å². The first-order valence-electron chi connectivity index (χ1n) is 7.58. The summed E-state index contributed by atoms with van der Waals surface area (Å²) < 4.78 is 30.4. The van der Waals surface area contributed by atoms with Gasteiger partial charge < -0.3 is 14.6 Å². The zero-order valence-electron chi connectivity index (χ0n) is 13.0. The summed E-state index contributed by atoms with van der Waals surface area (Å²) in [5.41, 5.74) is 1.04. The first-order valence-corrected chi connectivity index (χ1v) is 9.41. The molecule has 2 aromatic rings. The highest BCUT2D eigenvalue weighted by molar-refractivity contribution is 7.91. The Labute approximate surface area is 135 Å². The molecule has 1 unspecified atom stereocenters. The van der Waals surface area contributed by atoms with Crippen molar-refractivity contribution in [3.63, 3.8) is 0 Å². The van der Waals surface area contributed by atoms with Crippen LogP contribution in [0.5, 0.6) is 5.75 Å². The number of nitrogens with zero attached hydrogens (tertiary/aromatic N) is 1. The summed E-state index contributed by atoms with van der Waals surface area (Å²) in [6, 6.07) is 7.66. The van der Waals surface area contributed by atoms with Crippen molar-refractivity contribution >= 4 is 26.6 Å². The average Bonchev–Trinajstić information content (AvgIpc) is 3.06. The fourth-order valence-electron chi connectivity index (χ4n) is 2.89. The third-order valence-electron chi connectivity index (χ3n) is 4.16. The molecule has 1 N–H and O–H groups in total. The highest BCUT2D eigenvalue weighted by Gasteiger charge is 2.27. The summed E-state index contributed by atoms with van der Waals surface area (Å²) in [5.74, 6) is 0.836. The molecule has 0 bridgehead atoms. The van der Waals surface area contributed by atoms with E-state index in [1.165, 1.54) is 0 Å². The second kappa shape index (κ2) is 6.23. The summed E-state index contributed by atoms with van der Waals surface area (Å²) in [4.78, 5) is 11.9. The molecule has 0 spiro atoms. The van der Waals surface area contributed by atoms with Crippen molar-refractivity contribution in [2.45, 2.75) is 6.42 Å². The molecule has 1 aromatic carbocycles. The molecule has 1 aliphatic rings. The van der Waals surface area contributed by atoms with Gasteiger partial charge in [-0.25, -0.2) is 8.42 Å². The molecular formula is C16H20N2O4S. The highest BCUT2D eigenvalue weighted by atomic mass is 32.2. The Morgan fingerprint density at radius 1 is 1.39 bits per heavy atom. The van der Waals surface area contributed by atoms with Crippen LogP contribution >= 0.6 is 0 Å². The van der Waals surface area contributed by atoms with Crippen molar-refractivity contribution in [3.05, 3.63) is 30.5 Å². The van der Waals surface area contributed by atoms with Crippen molar-refractivity contribution in [2.24, 2.45) is 13.0 Å². The minimum atomic E-state index is -2.91. The van der Waals surface area contributed by atoms with E-state index in [1.807, 2.05) is 42.1 Å². The van der Waals surface area contributed by atoms with Crippen LogP contribution in [0.1, 0.15) is 6.42 Å². The number of amides is 1. The molecule has 1 fully saturated rings. The van der Waals surface area contributed by atoms with Gasteiger partial charge in [0.1, 0.15) is 5.75 Å². The summed E-state index contributed by atoms with van der Waals surface area (Å²) >= 11 is 0. The molecule has 124 valence electrons. The summed E-state index contributed by atoms with van der Waals surface area (Å²) in [6.07, 6.45) is 2.56. The number of rotatable bonds is 5. The smallest absolute Gasteiger partial charge is 0.257 e. The first kappa shape index (κ1) is 15.9. The standard InChI is InChI=1S/C16H20N2O4S/c1-18-7-5-13-14(18)3-2-4-15(13)22-10-16(19)17-9-12-6-8-23(20,21)11-12/h2-5,7,12H,6,8-11H2,1H3,(H,17,19). The van der Waals surface area contributed by atoms with Gasteiger partial charge in [0.2, 0.25) is 0 Å². The Morgan fingerprint density at radius 2 is 2.22 bits per heavy atom. The zero-order valence-corrected chi connectivity index (χ0v) is 13.8. The third-order valence-corrected chi connectivity index (χ3v) is 6.00. The van der Waals surface area contributed by atoms with Crippen LogP contribution in [0.2, 0.25) is 0 Å². The molecule has 6 nitrogen and oxygen atoms in total. The van der Waals surface area contributed by atoms with Gasteiger partial charge in [0.25, 0.3) is 5.91 Å². The predicted octanol–water partition coefficient (Wildman–Crippen LogP) is 1.11. The van der Waals surface area contributed by atoms with E-state index in [1.54, 1.807) is 0 Å². The van der Waals surface area contributed by atoms with E-state index >= 15 is 0 Å². The van der Waals surface area contributed by atoms with E-state index < -0.39 is 9.84 Å². The van der Waals surface area contributed by atoms with Crippen LogP contribution in [0.15, 0.2) is 30.5 Å². The number of hydrogen-bond acceptors (Lipinski definition) is 4. The van der Waals surface area contributed by atoms with Crippen LogP contribution in [0.4, 0.5) is 0 Å². The second-order valence-electron chi connectivity index (χ2n) is 5.98. The molecule has 7 heteroatoms. The number of carbonyl (C=O) groups is 1. The van der Waals surface area contributed by atoms with E-state index in [0.717, 1.165) is 10.9 Å². The molecule has 1 amide bonds. The molecule has 2 heterocycles. The lowest BCUT2D eigenvalue weighted by Gasteiger charge is -2.11. The Morgan fingerprint density at radius 3 is 2.96 bits per heavy atom. The molecular weight excluding hydrogens is 316 g/mol. The predicted molar refractivity (Wildman–Crippen MR) is 88.2 cm³/mol. The lowest BCUT2D eigenvalue weighted by Crippen LogP contribution is -2.33. The number of ether oxygens (including phenoxy) is 1. The Kier molecular flexibility index (Phi) is 4.30. The van der Waals surface area contributed by atoms with Crippen LogP contribution in [0.3, 0.4) is 0 Å². The molecule has 3 rings (SSSR count). The van der Waals surface area contributed by atoms with Gasteiger partial charge in [-0.1, -0.05) is 6.07 Å². The van der Waals surface area contributed by atoms with Crippen molar-refractivity contribution in [3.8, 4) is 5.75 Å². The second-order valence-corrected chi connectivity index (χ2v) is 8.21. The Hall–Kier alpha value is -2.02. The molecule has 0 aliphatic carbocycles. The summed E-state index contributed by atoms with van der Waals surface area (Å²) in [5, 5.41) is 3.71. The fourth-order valence-corrected chi connectivity index (χ4v) is 4.75. The van der Waals surface area contributed by atoms with Gasteiger partial charge in [-0.15, -0.1) is 0 Å². The van der Waals surface area contributed by atoms with Gasteiger partial charge in [-0.2, -0.15) is 0 Å². The first-order chi connectivity index (χ1) is 10.9. The van der Waals surface area contributed by atoms with Gasteiger partial charge in [0.05, 0.1) is 17.0 Å². The molecule has 1 aromatic heterocycles. The SMILES string of the molecule is Cn1ccc2c(OCC(=O)NCC3CCS(=O)(=O)C3)cccc21. The maximum Gasteiger partial charge on any atom is 0.257 e. The van der Waals surface area contributed by atoms with Crippen molar-refractivity contribution < 1.29 is 17.9 Å². The van der Waals surface area contributed by atoms with E-state index in [9.17, 15) is 13.2 Å². The van der Waals surface area contributed by atoms with Crippen LogP contribution < -0.4 is 10.1 Å². The van der Waals surface area contributed by atoms with Crippen LogP contribution in [-0.4, -0.2) is 43.5 Å². The van der Waals surface area contributed by atoms with Crippen molar-refractivity contribution in [2.75, 3.05) is 24.7 Å². The number of nitrogens with one attached hydrogen (secondary N) is 1. The van der Waals surface area contributed by atoms with Gasteiger partial charge in [-0.05, 0) is 30.5 Å². The Bertz CT molecular complexity index is 826. The highest BCUT2D eigenvalue weighted by Crippen LogP contribution is 2.25. The number of hydrogen-bond donors (Lipinski definition) is 1. The lowest BCUT2D eigenvalue weighted by molar-refractivity contribution is -0.123. The normalized spacial score (nSPS) is 19.8. The molecule has 1 aliphatic heterocycles. The number of aryl methyl sites for hydroxylation is 1. The maximum atomic E-state index is 11.9. The molecule has 0 saturated carbocycles. The average molecular weight is 336 g/mol. The van der Waals surface area contributed by atoms with Gasteiger partial charge in [0, 0.05) is 25.2 Å². The molecule has 23 heavy (non-hydrogen) atoms. The fraction of sp³-hybridized carbons (Fsp3) is 0.438. The Balaban J connectivity index is 1.52. The third kappa shape index (κ3) is 3.67. The maximum absolute atomic E-state index is 11.9. The molecule has 1 saturated heterocycles. The number of fused-ring (bicyclic) bond motifs is 1. The van der Waals surface area contributed by atoms with Crippen molar-refractivity contribution in [1.29, 1.82) is 0 Å². The van der Waals surface area contributed by atoms with Gasteiger partial charge in [0.15, 0.2) is 16.4 Å². The van der Waals surface area contributed by atoms with E-state index in [4.69, 9.17) is 4.74 Å². The lowest BCUT2D eigenvalue weighted by atomic mass is 10.1.